The molecule has 0 bridgehead atoms. The molecule has 0 saturated carbocycles. The van der Waals surface area contributed by atoms with Crippen molar-refractivity contribution in [1.29, 1.82) is 0 Å². The topological polar surface area (TPSA) is 65.4 Å². The van der Waals surface area contributed by atoms with Gasteiger partial charge in [0.15, 0.2) is 0 Å². The molecule has 0 radical (unpaired) electrons. The molecular formula is C21H21ClFN3O3. The average molecular weight is 418 g/mol. The summed E-state index contributed by atoms with van der Waals surface area (Å²) in [5.74, 6) is -0.0197. The van der Waals surface area contributed by atoms with Gasteiger partial charge in [0.2, 0.25) is 0 Å². The van der Waals surface area contributed by atoms with Gasteiger partial charge >= 0.3 is 0 Å². The number of carbonyl (C=O) groups excluding carboxylic acids is 1. The summed E-state index contributed by atoms with van der Waals surface area (Å²) in [5.41, 5.74) is 2.42. The summed E-state index contributed by atoms with van der Waals surface area (Å²) in [6, 6.07) is 9.63. The Labute approximate surface area is 173 Å². The van der Waals surface area contributed by atoms with Crippen LogP contribution in [0.5, 0.6) is 11.5 Å². The van der Waals surface area contributed by atoms with E-state index in [9.17, 15) is 9.18 Å². The Morgan fingerprint density at radius 1 is 1.14 bits per heavy atom. The number of amides is 1. The molecule has 152 valence electrons. The van der Waals surface area contributed by atoms with Crippen LogP contribution < -0.4 is 14.8 Å². The van der Waals surface area contributed by atoms with Crippen molar-refractivity contribution < 1.29 is 18.7 Å². The number of hydrogen-bond acceptors (Lipinski definition) is 4. The number of halogens is 2. The maximum Gasteiger partial charge on any atom is 0.263 e. The first-order chi connectivity index (χ1) is 13.9. The van der Waals surface area contributed by atoms with E-state index >= 15 is 0 Å². The highest BCUT2D eigenvalue weighted by molar-refractivity contribution is 6.31. The maximum atomic E-state index is 14.2. The van der Waals surface area contributed by atoms with Gasteiger partial charge in [0, 0.05) is 10.6 Å². The third-order valence-electron chi connectivity index (χ3n) is 4.64. The molecule has 0 atom stereocenters. The van der Waals surface area contributed by atoms with Crippen LogP contribution in [0, 0.1) is 19.7 Å². The molecule has 2 aromatic carbocycles. The first kappa shape index (κ1) is 20.7. The number of nitrogens with one attached hydrogen (secondary N) is 1. The highest BCUT2D eigenvalue weighted by Gasteiger charge is 2.22. The molecule has 6 nitrogen and oxygen atoms in total. The van der Waals surface area contributed by atoms with Gasteiger partial charge in [-0.15, -0.1) is 0 Å². The summed E-state index contributed by atoms with van der Waals surface area (Å²) < 4.78 is 26.4. The average Bonchev–Trinajstić information content (AvgIpc) is 2.97. The van der Waals surface area contributed by atoms with E-state index in [2.05, 4.69) is 10.4 Å². The quantitative estimate of drug-likeness (QED) is 0.636. The van der Waals surface area contributed by atoms with Crippen LogP contribution in [0.1, 0.15) is 27.3 Å². The van der Waals surface area contributed by atoms with Gasteiger partial charge < -0.3 is 14.8 Å². The van der Waals surface area contributed by atoms with Crippen LogP contribution in [-0.2, 0) is 6.54 Å². The third kappa shape index (κ3) is 4.05. The molecule has 0 saturated heterocycles. The Hall–Kier alpha value is -3.06. The Morgan fingerprint density at radius 2 is 1.76 bits per heavy atom. The summed E-state index contributed by atoms with van der Waals surface area (Å²) >= 11 is 6.13. The second-order valence-corrected chi connectivity index (χ2v) is 6.80. The summed E-state index contributed by atoms with van der Waals surface area (Å²) in [7, 11) is 2.97. The van der Waals surface area contributed by atoms with Crippen molar-refractivity contribution in [2.45, 2.75) is 20.4 Å². The number of hydrogen-bond donors (Lipinski definition) is 1. The fourth-order valence-corrected chi connectivity index (χ4v) is 3.34. The van der Waals surface area contributed by atoms with E-state index in [0.29, 0.717) is 39.2 Å². The van der Waals surface area contributed by atoms with Gasteiger partial charge in [-0.3, -0.25) is 9.48 Å². The third-order valence-corrected chi connectivity index (χ3v) is 5.00. The molecule has 1 N–H and O–H groups in total. The maximum absolute atomic E-state index is 14.2. The highest BCUT2D eigenvalue weighted by atomic mass is 35.5. The molecule has 3 aromatic rings. The molecule has 0 aliphatic rings. The highest BCUT2D eigenvalue weighted by Crippen LogP contribution is 2.30. The van der Waals surface area contributed by atoms with Crippen molar-refractivity contribution in [3.05, 3.63) is 69.8 Å². The van der Waals surface area contributed by atoms with Crippen molar-refractivity contribution in [3.8, 4) is 11.5 Å². The van der Waals surface area contributed by atoms with E-state index in [1.165, 1.54) is 20.3 Å². The smallest absolute Gasteiger partial charge is 0.263 e. The molecule has 0 unspecified atom stereocenters. The first-order valence-electron chi connectivity index (χ1n) is 8.86. The predicted molar refractivity (Wildman–Crippen MR) is 110 cm³/mol. The SMILES string of the molecule is COc1cccc(OC)c1C(=O)Nc1c(C)nn(Cc2c(F)cccc2Cl)c1C. The Morgan fingerprint density at radius 3 is 2.34 bits per heavy atom. The largest absolute Gasteiger partial charge is 0.496 e. The summed E-state index contributed by atoms with van der Waals surface area (Å²) in [6.07, 6.45) is 0. The number of benzene rings is 2. The number of ether oxygens (including phenoxy) is 2. The lowest BCUT2D eigenvalue weighted by Crippen LogP contribution is -2.16. The molecule has 29 heavy (non-hydrogen) atoms. The summed E-state index contributed by atoms with van der Waals surface area (Å²) in [6.45, 7) is 3.71. The Bertz CT molecular complexity index is 1020. The number of nitrogens with zero attached hydrogens (tertiary/aromatic N) is 2. The zero-order valence-electron chi connectivity index (χ0n) is 16.5. The van der Waals surface area contributed by atoms with E-state index in [4.69, 9.17) is 21.1 Å². The minimum Gasteiger partial charge on any atom is -0.496 e. The van der Waals surface area contributed by atoms with E-state index in [1.54, 1.807) is 48.9 Å². The van der Waals surface area contributed by atoms with Gasteiger partial charge in [0.1, 0.15) is 22.9 Å². The number of rotatable bonds is 6. The number of aryl methyl sites for hydroxylation is 1. The predicted octanol–water partition coefficient (Wildman–Crippen LogP) is 4.61. The zero-order valence-corrected chi connectivity index (χ0v) is 17.3. The van der Waals surface area contributed by atoms with Gasteiger partial charge in [-0.25, -0.2) is 4.39 Å². The van der Waals surface area contributed by atoms with Crippen molar-refractivity contribution in [1.82, 2.24) is 9.78 Å². The first-order valence-corrected chi connectivity index (χ1v) is 9.24. The Kier molecular flexibility index (Phi) is 6.08. The molecule has 1 amide bonds. The minimum atomic E-state index is -0.408. The van der Waals surface area contributed by atoms with Crippen LogP contribution in [0.15, 0.2) is 36.4 Å². The lowest BCUT2D eigenvalue weighted by atomic mass is 10.1. The zero-order chi connectivity index (χ0) is 21.1. The van der Waals surface area contributed by atoms with Crippen molar-refractivity contribution in [2.24, 2.45) is 0 Å². The Balaban J connectivity index is 1.93. The molecule has 0 fully saturated rings. The van der Waals surface area contributed by atoms with Gasteiger partial charge in [0.05, 0.1) is 37.8 Å². The molecule has 8 heteroatoms. The van der Waals surface area contributed by atoms with E-state index < -0.39 is 11.7 Å². The van der Waals surface area contributed by atoms with Gasteiger partial charge in [-0.2, -0.15) is 5.10 Å². The molecule has 1 aromatic heterocycles. The molecule has 1 heterocycles. The fraction of sp³-hybridized carbons (Fsp3) is 0.238. The van der Waals surface area contributed by atoms with E-state index in [-0.39, 0.29) is 12.1 Å². The van der Waals surface area contributed by atoms with Crippen molar-refractivity contribution in [2.75, 3.05) is 19.5 Å². The molecule has 0 aliphatic carbocycles. The van der Waals surface area contributed by atoms with E-state index in [1.807, 2.05) is 0 Å². The normalized spacial score (nSPS) is 10.7. The van der Waals surface area contributed by atoms with Crippen molar-refractivity contribution >= 4 is 23.2 Å². The van der Waals surface area contributed by atoms with Gasteiger partial charge in [0.25, 0.3) is 5.91 Å². The minimum absolute atomic E-state index is 0.145. The fourth-order valence-electron chi connectivity index (χ4n) is 3.12. The van der Waals surface area contributed by atoms with Crippen molar-refractivity contribution in [3.63, 3.8) is 0 Å². The monoisotopic (exact) mass is 417 g/mol. The van der Waals surface area contributed by atoms with E-state index in [0.717, 1.165) is 0 Å². The lowest BCUT2D eigenvalue weighted by molar-refractivity contribution is 0.102. The molecule has 0 aliphatic heterocycles. The second-order valence-electron chi connectivity index (χ2n) is 6.40. The van der Waals surface area contributed by atoms with Crippen LogP contribution in [0.4, 0.5) is 10.1 Å². The lowest BCUT2D eigenvalue weighted by Gasteiger charge is -2.13. The number of methoxy groups -OCH3 is 2. The number of aromatic nitrogens is 2. The molecule has 3 rings (SSSR count). The van der Waals surface area contributed by atoms with Crippen LogP contribution in [0.25, 0.3) is 0 Å². The summed E-state index contributed by atoms with van der Waals surface area (Å²) in [5, 5.41) is 7.63. The van der Waals surface area contributed by atoms with Crippen LogP contribution in [0.3, 0.4) is 0 Å². The van der Waals surface area contributed by atoms with Crippen LogP contribution in [0.2, 0.25) is 5.02 Å². The molecule has 0 spiro atoms. The second kappa shape index (κ2) is 8.53. The van der Waals surface area contributed by atoms with Gasteiger partial charge in [-0.1, -0.05) is 23.7 Å². The molecular weight excluding hydrogens is 397 g/mol. The number of anilines is 1. The number of carbonyl (C=O) groups is 1. The summed E-state index contributed by atoms with van der Waals surface area (Å²) in [4.78, 5) is 13.0. The van der Waals surface area contributed by atoms with Gasteiger partial charge in [-0.05, 0) is 38.1 Å². The standard InChI is InChI=1S/C21H21ClFN3O3/c1-12-20(24-21(27)19-17(28-3)9-6-10-18(19)29-4)13(2)26(25-12)11-14-15(22)7-5-8-16(14)23/h5-10H,11H2,1-4H3,(H,24,27). The van der Waals surface area contributed by atoms with Crippen LogP contribution in [-0.4, -0.2) is 29.9 Å². The van der Waals surface area contributed by atoms with Crippen LogP contribution >= 0.6 is 11.6 Å².